The van der Waals surface area contributed by atoms with E-state index >= 15 is 0 Å². The van der Waals surface area contributed by atoms with E-state index in [4.69, 9.17) is 22.1 Å². The number of halogens is 1. The van der Waals surface area contributed by atoms with Gasteiger partial charge in [-0.05, 0) is 36.6 Å². The molecule has 2 aromatic carbocycles. The Morgan fingerprint density at radius 2 is 1.84 bits per heavy atom. The summed E-state index contributed by atoms with van der Waals surface area (Å²) in [6.07, 6.45) is 1.69. The maximum Gasteiger partial charge on any atom is 0.149 e. The molecule has 2 N–H and O–H groups in total. The van der Waals surface area contributed by atoms with Crippen LogP contribution in [0, 0.1) is 0 Å². The van der Waals surface area contributed by atoms with Crippen molar-refractivity contribution in [2.75, 3.05) is 0 Å². The fourth-order valence-corrected chi connectivity index (χ4v) is 2.09. The Kier molecular flexibility index (Phi) is 4.83. The minimum absolute atomic E-state index is 0.122. The topological polar surface area (TPSA) is 35.2 Å². The number of ether oxygens (including phenoxy) is 1. The molecule has 3 heteroatoms. The van der Waals surface area contributed by atoms with Crippen LogP contribution in [-0.2, 0) is 6.42 Å². The molecule has 0 aromatic heterocycles. The van der Waals surface area contributed by atoms with E-state index in [2.05, 4.69) is 6.92 Å². The Morgan fingerprint density at radius 1 is 1.11 bits per heavy atom. The van der Waals surface area contributed by atoms with Crippen molar-refractivity contribution >= 4 is 11.6 Å². The summed E-state index contributed by atoms with van der Waals surface area (Å²) in [7, 11) is 0. The van der Waals surface area contributed by atoms with Crippen molar-refractivity contribution in [1.82, 2.24) is 0 Å². The first kappa shape index (κ1) is 13.9. The van der Waals surface area contributed by atoms with Crippen LogP contribution in [0.4, 0.5) is 0 Å². The molecule has 0 heterocycles. The van der Waals surface area contributed by atoms with Gasteiger partial charge in [-0.2, -0.15) is 0 Å². The third-order valence-corrected chi connectivity index (χ3v) is 3.32. The molecule has 2 aromatic rings. The Labute approximate surface area is 119 Å². The number of para-hydroxylation sites is 2. The van der Waals surface area contributed by atoms with Crippen molar-refractivity contribution in [2.24, 2.45) is 5.73 Å². The molecule has 2 rings (SSSR count). The van der Waals surface area contributed by atoms with Crippen molar-refractivity contribution < 1.29 is 4.74 Å². The number of nitrogens with two attached hydrogens (primary N) is 1. The first-order chi connectivity index (χ1) is 9.20. The van der Waals surface area contributed by atoms with Crippen LogP contribution in [0.15, 0.2) is 48.5 Å². The van der Waals surface area contributed by atoms with Crippen molar-refractivity contribution in [1.29, 1.82) is 0 Å². The van der Waals surface area contributed by atoms with Crippen molar-refractivity contribution in [3.63, 3.8) is 0 Å². The van der Waals surface area contributed by atoms with E-state index in [1.54, 1.807) is 0 Å². The molecule has 2 nitrogen and oxygen atoms in total. The molecule has 0 aliphatic heterocycles. The second kappa shape index (κ2) is 6.60. The molecule has 1 unspecified atom stereocenters. The van der Waals surface area contributed by atoms with Crippen molar-refractivity contribution in [3.8, 4) is 11.5 Å². The molecule has 0 bridgehead atoms. The van der Waals surface area contributed by atoms with Gasteiger partial charge in [-0.25, -0.2) is 0 Å². The van der Waals surface area contributed by atoms with Gasteiger partial charge in [0.05, 0.1) is 5.02 Å². The summed E-state index contributed by atoms with van der Waals surface area (Å²) in [5.41, 5.74) is 7.07. The molecule has 0 amide bonds. The van der Waals surface area contributed by atoms with Crippen LogP contribution < -0.4 is 10.5 Å². The smallest absolute Gasteiger partial charge is 0.149 e. The Balaban J connectivity index is 2.27. The summed E-state index contributed by atoms with van der Waals surface area (Å²) in [6, 6.07) is 15.5. The normalized spacial score (nSPS) is 12.2. The first-order valence-electron chi connectivity index (χ1n) is 6.46. The highest BCUT2D eigenvalue weighted by molar-refractivity contribution is 6.32. The average molecular weight is 276 g/mol. The Morgan fingerprint density at radius 3 is 2.53 bits per heavy atom. The minimum Gasteiger partial charge on any atom is -0.456 e. The second-order valence-corrected chi connectivity index (χ2v) is 4.92. The summed E-state index contributed by atoms with van der Waals surface area (Å²) in [4.78, 5) is 0. The van der Waals surface area contributed by atoms with Crippen LogP contribution in [-0.4, -0.2) is 6.04 Å². The lowest BCUT2D eigenvalue weighted by molar-refractivity contribution is 0.472. The quantitative estimate of drug-likeness (QED) is 0.877. The van der Waals surface area contributed by atoms with Crippen LogP contribution in [0.3, 0.4) is 0 Å². The highest BCUT2D eigenvalue weighted by atomic mass is 35.5. The summed E-state index contributed by atoms with van der Waals surface area (Å²) in [5.74, 6) is 1.49. The fourth-order valence-electron chi connectivity index (χ4n) is 1.86. The zero-order valence-electron chi connectivity index (χ0n) is 11.0. The standard InChI is InChI=1S/C16H18ClNO/c1-2-13(18)11-12-7-6-10-15(17)16(12)19-14-8-4-3-5-9-14/h3-10,13H,2,11,18H2,1H3. The van der Waals surface area contributed by atoms with Crippen LogP contribution >= 0.6 is 11.6 Å². The van der Waals surface area contributed by atoms with E-state index in [-0.39, 0.29) is 6.04 Å². The second-order valence-electron chi connectivity index (χ2n) is 4.52. The van der Waals surface area contributed by atoms with Crippen LogP contribution in [0.25, 0.3) is 0 Å². The summed E-state index contributed by atoms with van der Waals surface area (Å²) in [6.45, 7) is 2.08. The van der Waals surface area contributed by atoms with E-state index in [0.717, 1.165) is 24.2 Å². The number of hydrogen-bond donors (Lipinski definition) is 1. The van der Waals surface area contributed by atoms with Gasteiger partial charge in [0, 0.05) is 6.04 Å². The molecular weight excluding hydrogens is 258 g/mol. The van der Waals surface area contributed by atoms with Crippen molar-refractivity contribution in [3.05, 3.63) is 59.1 Å². The van der Waals surface area contributed by atoms with Gasteiger partial charge in [-0.3, -0.25) is 0 Å². The molecule has 0 spiro atoms. The highest BCUT2D eigenvalue weighted by Gasteiger charge is 2.12. The SMILES string of the molecule is CCC(N)Cc1cccc(Cl)c1Oc1ccccc1. The van der Waals surface area contributed by atoms with Gasteiger partial charge in [-0.15, -0.1) is 0 Å². The largest absolute Gasteiger partial charge is 0.456 e. The Bertz CT molecular complexity index is 528. The number of hydrogen-bond acceptors (Lipinski definition) is 2. The minimum atomic E-state index is 0.122. The lowest BCUT2D eigenvalue weighted by Gasteiger charge is -2.15. The van der Waals surface area contributed by atoms with Gasteiger partial charge in [0.2, 0.25) is 0 Å². The molecule has 0 radical (unpaired) electrons. The van der Waals surface area contributed by atoms with Crippen LogP contribution in [0.1, 0.15) is 18.9 Å². The van der Waals surface area contributed by atoms with Crippen LogP contribution in [0.5, 0.6) is 11.5 Å². The van der Waals surface area contributed by atoms with Gasteiger partial charge >= 0.3 is 0 Å². The molecule has 1 atom stereocenters. The van der Waals surface area contributed by atoms with Gasteiger partial charge in [0.25, 0.3) is 0 Å². The van der Waals surface area contributed by atoms with E-state index in [1.807, 2.05) is 48.5 Å². The van der Waals surface area contributed by atoms with Crippen LogP contribution in [0.2, 0.25) is 5.02 Å². The van der Waals surface area contributed by atoms with E-state index in [1.165, 1.54) is 0 Å². The summed E-state index contributed by atoms with van der Waals surface area (Å²) < 4.78 is 5.90. The molecule has 0 saturated heterocycles. The molecule has 0 aliphatic carbocycles. The molecule has 0 fully saturated rings. The summed E-state index contributed by atoms with van der Waals surface area (Å²) in [5, 5.41) is 0.615. The monoisotopic (exact) mass is 275 g/mol. The predicted octanol–water partition coefficient (Wildman–Crippen LogP) is 4.41. The lowest BCUT2D eigenvalue weighted by atomic mass is 10.0. The maximum atomic E-state index is 6.24. The summed E-state index contributed by atoms with van der Waals surface area (Å²) >= 11 is 6.24. The fraction of sp³-hybridized carbons (Fsp3) is 0.250. The predicted molar refractivity (Wildman–Crippen MR) is 79.9 cm³/mol. The Hall–Kier alpha value is -1.51. The van der Waals surface area contributed by atoms with Gasteiger partial charge in [-0.1, -0.05) is 48.9 Å². The van der Waals surface area contributed by atoms with E-state index in [0.29, 0.717) is 10.8 Å². The van der Waals surface area contributed by atoms with E-state index in [9.17, 15) is 0 Å². The lowest BCUT2D eigenvalue weighted by Crippen LogP contribution is -2.21. The first-order valence-corrected chi connectivity index (χ1v) is 6.84. The molecule has 0 saturated carbocycles. The number of rotatable bonds is 5. The van der Waals surface area contributed by atoms with Gasteiger partial charge in [0.1, 0.15) is 11.5 Å². The van der Waals surface area contributed by atoms with Gasteiger partial charge < -0.3 is 10.5 Å². The van der Waals surface area contributed by atoms with E-state index < -0.39 is 0 Å². The molecule has 0 aliphatic rings. The zero-order chi connectivity index (χ0) is 13.7. The third kappa shape index (κ3) is 3.72. The highest BCUT2D eigenvalue weighted by Crippen LogP contribution is 2.33. The maximum absolute atomic E-state index is 6.24. The zero-order valence-corrected chi connectivity index (χ0v) is 11.7. The molecular formula is C16H18ClNO. The van der Waals surface area contributed by atoms with Crippen molar-refractivity contribution in [2.45, 2.75) is 25.8 Å². The molecule has 19 heavy (non-hydrogen) atoms. The number of benzene rings is 2. The molecule has 100 valence electrons. The van der Waals surface area contributed by atoms with Gasteiger partial charge in [0.15, 0.2) is 0 Å². The average Bonchev–Trinajstić information content (AvgIpc) is 2.43. The third-order valence-electron chi connectivity index (χ3n) is 3.02.